The highest BCUT2D eigenvalue weighted by Gasteiger charge is 2.40. The quantitative estimate of drug-likeness (QED) is 0.523. The van der Waals surface area contributed by atoms with Gasteiger partial charge in [-0.05, 0) is 78.7 Å². The molecule has 0 radical (unpaired) electrons. The van der Waals surface area contributed by atoms with Gasteiger partial charge in [0.25, 0.3) is 5.91 Å². The lowest BCUT2D eigenvalue weighted by Gasteiger charge is -2.26. The van der Waals surface area contributed by atoms with Gasteiger partial charge in [-0.15, -0.1) is 0 Å². The molecule has 2 saturated heterocycles. The molecule has 7 heteroatoms. The lowest BCUT2D eigenvalue weighted by molar-refractivity contribution is -0.126. The van der Waals surface area contributed by atoms with Gasteiger partial charge in [0.15, 0.2) is 0 Å². The minimum atomic E-state index is -0.125. The first-order valence-corrected chi connectivity index (χ1v) is 12.8. The maximum Gasteiger partial charge on any atom is 0.255 e. The predicted octanol–water partition coefficient (Wildman–Crippen LogP) is 4.54. The number of carbonyl (C=O) groups is 2. The molecule has 0 bridgehead atoms. The molecule has 2 aromatic rings. The molecule has 2 heterocycles. The Balaban J connectivity index is 1.55. The van der Waals surface area contributed by atoms with Crippen molar-refractivity contribution in [3.8, 4) is 0 Å². The van der Waals surface area contributed by atoms with Crippen LogP contribution in [0.4, 0.5) is 0 Å². The van der Waals surface area contributed by atoms with Crippen molar-refractivity contribution in [2.45, 2.75) is 44.2 Å². The van der Waals surface area contributed by atoms with E-state index >= 15 is 0 Å². The second-order valence-electron chi connectivity index (χ2n) is 8.66. The molecule has 2 aromatic carbocycles. The molecule has 32 heavy (non-hydrogen) atoms. The van der Waals surface area contributed by atoms with Crippen LogP contribution in [0, 0.1) is 3.57 Å². The van der Waals surface area contributed by atoms with Crippen LogP contribution in [-0.4, -0.2) is 59.9 Å². The number of nitrogens with one attached hydrogen (secondary N) is 1. The monoisotopic (exact) mass is 565 g/mol. The zero-order valence-electron chi connectivity index (χ0n) is 18.3. The van der Waals surface area contributed by atoms with Crippen LogP contribution >= 0.6 is 34.2 Å². The van der Waals surface area contributed by atoms with E-state index in [9.17, 15) is 9.59 Å². The van der Waals surface area contributed by atoms with Gasteiger partial charge in [-0.1, -0.05) is 48.9 Å². The number of hydrogen-bond acceptors (Lipinski definition) is 3. The van der Waals surface area contributed by atoms with Crippen LogP contribution < -0.4 is 5.32 Å². The Morgan fingerprint density at radius 1 is 1.16 bits per heavy atom. The molecule has 0 aromatic heterocycles. The first kappa shape index (κ1) is 23.5. The molecule has 1 N–H and O–H groups in total. The van der Waals surface area contributed by atoms with Gasteiger partial charge < -0.3 is 10.2 Å². The van der Waals surface area contributed by atoms with E-state index in [2.05, 4.69) is 51.9 Å². The van der Waals surface area contributed by atoms with Crippen LogP contribution in [-0.2, 0) is 4.79 Å². The van der Waals surface area contributed by atoms with E-state index in [1.54, 1.807) is 6.07 Å². The lowest BCUT2D eigenvalue weighted by atomic mass is 9.94. The molecule has 2 fully saturated rings. The third kappa shape index (κ3) is 5.13. The second-order valence-corrected chi connectivity index (χ2v) is 10.3. The molecular formula is C25H29ClIN3O2. The van der Waals surface area contributed by atoms with E-state index in [0.717, 1.165) is 41.5 Å². The summed E-state index contributed by atoms with van der Waals surface area (Å²) in [6.07, 6.45) is 2.99. The second kappa shape index (κ2) is 10.5. The largest absolute Gasteiger partial charge is 0.350 e. The van der Waals surface area contributed by atoms with E-state index in [-0.39, 0.29) is 29.8 Å². The summed E-state index contributed by atoms with van der Waals surface area (Å²) in [5, 5.41) is 3.77. The smallest absolute Gasteiger partial charge is 0.255 e. The molecule has 0 spiro atoms. The molecule has 2 aliphatic rings. The summed E-state index contributed by atoms with van der Waals surface area (Å²) in [7, 11) is 0. The lowest BCUT2D eigenvalue weighted by Crippen LogP contribution is -2.49. The summed E-state index contributed by atoms with van der Waals surface area (Å²) in [5.41, 5.74) is 1.65. The van der Waals surface area contributed by atoms with Gasteiger partial charge in [0.05, 0.1) is 22.7 Å². The topological polar surface area (TPSA) is 52.7 Å². The van der Waals surface area contributed by atoms with Crippen molar-refractivity contribution in [1.82, 2.24) is 15.1 Å². The Morgan fingerprint density at radius 2 is 1.94 bits per heavy atom. The molecule has 1 unspecified atom stereocenters. The van der Waals surface area contributed by atoms with Crippen LogP contribution in [0.25, 0.3) is 0 Å². The van der Waals surface area contributed by atoms with Crippen LogP contribution in [0.5, 0.6) is 0 Å². The van der Waals surface area contributed by atoms with Crippen LogP contribution in [0.2, 0.25) is 5.02 Å². The summed E-state index contributed by atoms with van der Waals surface area (Å²) in [4.78, 5) is 30.7. The van der Waals surface area contributed by atoms with Crippen LogP contribution in [0.15, 0.2) is 48.5 Å². The summed E-state index contributed by atoms with van der Waals surface area (Å²) in [5.74, 6) is 0.0508. The molecule has 2 aliphatic heterocycles. The number of amides is 2. The van der Waals surface area contributed by atoms with Crippen molar-refractivity contribution < 1.29 is 9.59 Å². The number of rotatable bonds is 6. The average molecular weight is 566 g/mol. The first-order chi connectivity index (χ1) is 15.5. The third-order valence-corrected chi connectivity index (χ3v) is 7.50. The van der Waals surface area contributed by atoms with Gasteiger partial charge in [-0.25, -0.2) is 0 Å². The van der Waals surface area contributed by atoms with Crippen LogP contribution in [0.1, 0.15) is 48.0 Å². The van der Waals surface area contributed by atoms with E-state index in [0.29, 0.717) is 23.7 Å². The fraction of sp³-hybridized carbons (Fsp3) is 0.440. The van der Waals surface area contributed by atoms with E-state index in [1.165, 1.54) is 0 Å². The number of benzene rings is 2. The number of hydrogen-bond donors (Lipinski definition) is 1. The van der Waals surface area contributed by atoms with Crippen LogP contribution in [0.3, 0.4) is 0 Å². The molecule has 0 aliphatic carbocycles. The zero-order chi connectivity index (χ0) is 22.7. The summed E-state index contributed by atoms with van der Waals surface area (Å²) < 4.78 is 0.969. The van der Waals surface area contributed by atoms with E-state index in [4.69, 9.17) is 11.6 Å². The maximum atomic E-state index is 13.3. The maximum absolute atomic E-state index is 13.3. The SMILES string of the molecule is CCCN1CCCC1C(=O)N[C@@H]1CN(C(=O)c2cc(I)ccc2Cl)C[C@H]1c1ccccc1. The standard InChI is InChI=1S/C25H29ClIN3O2/c1-2-12-29-13-6-9-23(29)24(31)28-22-16-30(15-20(22)17-7-4-3-5-8-17)25(32)19-14-18(27)10-11-21(19)26/h3-5,7-8,10-11,14,20,22-23H,2,6,9,12-13,15-16H2,1H3,(H,28,31)/t20-,22+,23?/m0/s1. The molecule has 170 valence electrons. The Labute approximate surface area is 208 Å². The summed E-state index contributed by atoms with van der Waals surface area (Å²) in [6, 6.07) is 15.5. The highest BCUT2D eigenvalue weighted by atomic mass is 127. The van der Waals surface area contributed by atoms with Crippen molar-refractivity contribution in [3.63, 3.8) is 0 Å². The molecule has 3 atom stereocenters. The summed E-state index contributed by atoms with van der Waals surface area (Å²) in [6.45, 7) is 5.11. The fourth-order valence-corrected chi connectivity index (χ4v) is 5.63. The highest BCUT2D eigenvalue weighted by molar-refractivity contribution is 14.1. The van der Waals surface area contributed by atoms with Crippen molar-refractivity contribution in [3.05, 3.63) is 68.3 Å². The number of likely N-dealkylation sites (tertiary alicyclic amines) is 2. The molecule has 2 amide bonds. The van der Waals surface area contributed by atoms with E-state index < -0.39 is 0 Å². The Kier molecular flexibility index (Phi) is 7.74. The fourth-order valence-electron chi connectivity index (χ4n) is 4.94. The number of carbonyl (C=O) groups excluding carboxylic acids is 2. The zero-order valence-corrected chi connectivity index (χ0v) is 21.2. The highest BCUT2D eigenvalue weighted by Crippen LogP contribution is 2.31. The minimum absolute atomic E-state index is 0.0479. The minimum Gasteiger partial charge on any atom is -0.350 e. The van der Waals surface area contributed by atoms with Gasteiger partial charge in [-0.2, -0.15) is 0 Å². The van der Waals surface area contributed by atoms with Crippen molar-refractivity contribution in [1.29, 1.82) is 0 Å². The van der Waals surface area contributed by atoms with Gasteiger partial charge in [-0.3, -0.25) is 14.5 Å². The predicted molar refractivity (Wildman–Crippen MR) is 136 cm³/mol. The molecular weight excluding hydrogens is 537 g/mol. The third-order valence-electron chi connectivity index (χ3n) is 6.50. The Morgan fingerprint density at radius 3 is 2.69 bits per heavy atom. The number of halogens is 2. The van der Waals surface area contributed by atoms with Gasteiger partial charge >= 0.3 is 0 Å². The molecule has 0 saturated carbocycles. The van der Waals surface area contributed by atoms with Crippen molar-refractivity contribution >= 4 is 46.0 Å². The van der Waals surface area contributed by atoms with Gasteiger partial charge in [0.2, 0.25) is 5.91 Å². The first-order valence-electron chi connectivity index (χ1n) is 11.3. The molecule has 5 nitrogen and oxygen atoms in total. The Bertz CT molecular complexity index is 971. The van der Waals surface area contributed by atoms with Crippen molar-refractivity contribution in [2.75, 3.05) is 26.2 Å². The van der Waals surface area contributed by atoms with E-state index in [1.807, 2.05) is 35.2 Å². The van der Waals surface area contributed by atoms with Gasteiger partial charge in [0, 0.05) is 22.6 Å². The van der Waals surface area contributed by atoms with Gasteiger partial charge in [0.1, 0.15) is 0 Å². The number of nitrogens with zero attached hydrogens (tertiary/aromatic N) is 2. The molecule has 4 rings (SSSR count). The van der Waals surface area contributed by atoms with Crippen molar-refractivity contribution in [2.24, 2.45) is 0 Å². The average Bonchev–Trinajstić information content (AvgIpc) is 3.43. The normalized spacial score (nSPS) is 23.5. The summed E-state index contributed by atoms with van der Waals surface area (Å²) >= 11 is 8.54. The Hall–Kier alpha value is -1.64.